The largest absolute Gasteiger partial charge is 0.505 e. The molecule has 4 aromatic rings. The molecule has 4 rings (SSSR count). The zero-order valence-corrected chi connectivity index (χ0v) is 19.1. The van der Waals surface area contributed by atoms with E-state index in [1.54, 1.807) is 26.6 Å². The summed E-state index contributed by atoms with van der Waals surface area (Å²) >= 11 is 6.11. The molecule has 0 saturated heterocycles. The number of fused-ring (bicyclic) bond motifs is 1. The predicted octanol–water partition coefficient (Wildman–Crippen LogP) is 5.82. The van der Waals surface area contributed by atoms with Gasteiger partial charge in [0.1, 0.15) is 17.1 Å². The summed E-state index contributed by atoms with van der Waals surface area (Å²) in [6.45, 7) is 3.88. The number of aromatic hydroxyl groups is 1. The van der Waals surface area contributed by atoms with Crippen molar-refractivity contribution in [2.75, 3.05) is 19.5 Å². The van der Waals surface area contributed by atoms with Crippen LogP contribution in [0.2, 0.25) is 5.02 Å². The number of aryl methyl sites for hydroxylation is 2. The van der Waals surface area contributed by atoms with Crippen molar-refractivity contribution < 1.29 is 14.6 Å². The summed E-state index contributed by atoms with van der Waals surface area (Å²) in [5.41, 5.74) is 3.76. The molecule has 0 radical (unpaired) electrons. The van der Waals surface area contributed by atoms with Crippen molar-refractivity contribution in [1.29, 1.82) is 0 Å². The fourth-order valence-electron chi connectivity index (χ4n) is 3.90. The Hall–Kier alpha value is -3.51. The molecule has 0 fully saturated rings. The van der Waals surface area contributed by atoms with Crippen LogP contribution >= 0.6 is 11.6 Å². The van der Waals surface area contributed by atoms with Crippen molar-refractivity contribution >= 4 is 28.3 Å². The fraction of sp³-hybridized carbons (Fsp3) is 0.200. The second-order valence-corrected chi connectivity index (χ2v) is 7.95. The summed E-state index contributed by atoms with van der Waals surface area (Å²) in [4.78, 5) is 8.84. The number of ether oxygens (including phenoxy) is 2. The molecule has 2 N–H and O–H groups in total. The summed E-state index contributed by atoms with van der Waals surface area (Å²) in [7, 11) is 3.21. The molecule has 1 atom stereocenters. The molecule has 164 valence electrons. The molecule has 0 aliphatic heterocycles. The van der Waals surface area contributed by atoms with Gasteiger partial charge < -0.3 is 19.9 Å². The van der Waals surface area contributed by atoms with Gasteiger partial charge in [0, 0.05) is 28.9 Å². The van der Waals surface area contributed by atoms with E-state index in [0.29, 0.717) is 33.4 Å². The topological polar surface area (TPSA) is 76.5 Å². The maximum Gasteiger partial charge on any atom is 0.166 e. The number of hydrogen-bond acceptors (Lipinski definition) is 6. The number of pyridine rings is 2. The Balaban J connectivity index is 1.95. The third-order valence-electron chi connectivity index (χ3n) is 5.47. The van der Waals surface area contributed by atoms with E-state index in [1.807, 2.05) is 56.3 Å². The highest BCUT2D eigenvalue weighted by atomic mass is 35.5. The second-order valence-electron chi connectivity index (χ2n) is 7.51. The van der Waals surface area contributed by atoms with Crippen LogP contribution in [0.25, 0.3) is 10.9 Å². The van der Waals surface area contributed by atoms with Gasteiger partial charge >= 0.3 is 0 Å². The zero-order chi connectivity index (χ0) is 22.8. The number of benzene rings is 2. The maximum atomic E-state index is 11.2. The van der Waals surface area contributed by atoms with Crippen molar-refractivity contribution in [3.8, 4) is 17.2 Å². The van der Waals surface area contributed by atoms with Gasteiger partial charge in [-0.1, -0.05) is 41.9 Å². The monoisotopic (exact) mass is 449 g/mol. The van der Waals surface area contributed by atoms with E-state index < -0.39 is 6.04 Å². The van der Waals surface area contributed by atoms with Crippen molar-refractivity contribution in [1.82, 2.24) is 9.97 Å². The van der Waals surface area contributed by atoms with E-state index in [2.05, 4.69) is 15.3 Å². The number of anilines is 1. The zero-order valence-electron chi connectivity index (χ0n) is 18.3. The van der Waals surface area contributed by atoms with Gasteiger partial charge in [-0.2, -0.15) is 0 Å². The van der Waals surface area contributed by atoms with Gasteiger partial charge in [0.2, 0.25) is 0 Å². The minimum Gasteiger partial charge on any atom is -0.505 e. The number of nitrogens with one attached hydrogen (secondary N) is 1. The van der Waals surface area contributed by atoms with Crippen molar-refractivity contribution in [3.05, 3.63) is 82.1 Å². The first kappa shape index (κ1) is 21.7. The molecule has 6 nitrogen and oxygen atoms in total. The average Bonchev–Trinajstić information content (AvgIpc) is 2.79. The molecule has 0 aliphatic rings. The molecular formula is C25H24ClN3O3. The van der Waals surface area contributed by atoms with Crippen molar-refractivity contribution in [2.45, 2.75) is 19.9 Å². The molecule has 0 amide bonds. The third-order valence-corrected chi connectivity index (χ3v) is 5.68. The summed E-state index contributed by atoms with van der Waals surface area (Å²) < 4.78 is 11.4. The molecular weight excluding hydrogens is 426 g/mol. The van der Waals surface area contributed by atoms with E-state index in [9.17, 15) is 5.11 Å². The smallest absolute Gasteiger partial charge is 0.166 e. The Morgan fingerprint density at radius 1 is 0.938 bits per heavy atom. The van der Waals surface area contributed by atoms with Gasteiger partial charge in [-0.05, 0) is 37.1 Å². The lowest BCUT2D eigenvalue weighted by Crippen LogP contribution is -2.16. The SMILES string of the molecule is COc1c(C)ccc(C(Nc2ncc(Cl)cc2C)c2ccc3cccnc3c2O)c1OC. The molecule has 0 aliphatic carbocycles. The van der Waals surface area contributed by atoms with Crippen LogP contribution in [0.5, 0.6) is 17.2 Å². The molecule has 32 heavy (non-hydrogen) atoms. The van der Waals surface area contributed by atoms with Crippen molar-refractivity contribution in [3.63, 3.8) is 0 Å². The van der Waals surface area contributed by atoms with Gasteiger partial charge in [0.25, 0.3) is 0 Å². The Labute approximate surface area is 191 Å². The van der Waals surface area contributed by atoms with Gasteiger partial charge in [-0.15, -0.1) is 0 Å². The van der Waals surface area contributed by atoms with Gasteiger partial charge in [-0.25, -0.2) is 4.98 Å². The van der Waals surface area contributed by atoms with E-state index in [1.165, 1.54) is 0 Å². The number of nitrogens with zero attached hydrogens (tertiary/aromatic N) is 2. The molecule has 1 unspecified atom stereocenters. The molecule has 0 spiro atoms. The number of hydrogen-bond donors (Lipinski definition) is 2. The number of methoxy groups -OCH3 is 2. The molecule has 7 heteroatoms. The summed E-state index contributed by atoms with van der Waals surface area (Å²) in [6.07, 6.45) is 3.25. The standard InChI is InChI=1S/C25H24ClN3O3/c1-14-7-9-19(24(32-4)23(14)31-3)21(29-25-15(2)12-17(26)13-28-25)18-10-8-16-6-5-11-27-20(16)22(18)30/h5-13,21,30H,1-4H3,(H,28,29). The number of aromatic nitrogens is 2. The Bertz CT molecular complexity index is 1290. The van der Waals surface area contributed by atoms with E-state index in [-0.39, 0.29) is 5.75 Å². The Morgan fingerprint density at radius 3 is 2.41 bits per heavy atom. The summed E-state index contributed by atoms with van der Waals surface area (Å²) in [5, 5.41) is 16.1. The van der Waals surface area contributed by atoms with E-state index >= 15 is 0 Å². The molecule has 2 aromatic heterocycles. The summed E-state index contributed by atoms with van der Waals surface area (Å²) in [6, 6.07) is 12.8. The first-order chi connectivity index (χ1) is 15.4. The van der Waals surface area contributed by atoms with Crippen LogP contribution in [-0.4, -0.2) is 29.3 Å². The second kappa shape index (κ2) is 8.93. The lowest BCUT2D eigenvalue weighted by molar-refractivity contribution is 0.349. The Kier molecular flexibility index (Phi) is 6.06. The minimum absolute atomic E-state index is 0.0915. The van der Waals surface area contributed by atoms with Crippen molar-refractivity contribution in [2.24, 2.45) is 0 Å². The van der Waals surface area contributed by atoms with Crippen LogP contribution in [-0.2, 0) is 0 Å². The van der Waals surface area contributed by atoms with Gasteiger partial charge in [-0.3, -0.25) is 4.98 Å². The average molecular weight is 450 g/mol. The van der Waals surface area contributed by atoms with Gasteiger partial charge in [0.05, 0.1) is 25.3 Å². The molecule has 2 aromatic carbocycles. The highest BCUT2D eigenvalue weighted by molar-refractivity contribution is 6.30. The van der Waals surface area contributed by atoms with Crippen LogP contribution < -0.4 is 14.8 Å². The van der Waals surface area contributed by atoms with E-state index in [4.69, 9.17) is 21.1 Å². The molecule has 0 bridgehead atoms. The normalized spacial score (nSPS) is 11.9. The van der Waals surface area contributed by atoms with Crippen LogP contribution in [0.4, 0.5) is 5.82 Å². The minimum atomic E-state index is -0.502. The Morgan fingerprint density at radius 2 is 1.69 bits per heavy atom. The molecule has 0 saturated carbocycles. The fourth-order valence-corrected chi connectivity index (χ4v) is 4.11. The third kappa shape index (κ3) is 3.89. The van der Waals surface area contributed by atoms with Crippen LogP contribution in [0.3, 0.4) is 0 Å². The molecule has 2 heterocycles. The number of phenols is 1. The first-order valence-corrected chi connectivity index (χ1v) is 10.5. The quantitative estimate of drug-likeness (QED) is 0.386. The maximum absolute atomic E-state index is 11.2. The van der Waals surface area contributed by atoms with Gasteiger partial charge in [0.15, 0.2) is 11.5 Å². The van der Waals surface area contributed by atoms with E-state index in [0.717, 1.165) is 22.1 Å². The lowest BCUT2D eigenvalue weighted by Gasteiger charge is -2.25. The predicted molar refractivity (Wildman–Crippen MR) is 127 cm³/mol. The van der Waals surface area contributed by atoms with Crippen LogP contribution in [0.1, 0.15) is 28.3 Å². The van der Waals surface area contributed by atoms with Crippen LogP contribution in [0, 0.1) is 13.8 Å². The lowest BCUT2D eigenvalue weighted by atomic mass is 9.94. The number of phenolic OH excluding ortho intramolecular Hbond substituents is 1. The highest BCUT2D eigenvalue weighted by Crippen LogP contribution is 2.44. The summed E-state index contributed by atoms with van der Waals surface area (Å²) in [5.74, 6) is 1.95. The number of rotatable bonds is 6. The first-order valence-electron chi connectivity index (χ1n) is 10.1. The van der Waals surface area contributed by atoms with Crippen LogP contribution in [0.15, 0.2) is 54.9 Å². The number of halogens is 1. The highest BCUT2D eigenvalue weighted by Gasteiger charge is 2.26.